The van der Waals surface area contributed by atoms with Gasteiger partial charge in [0.1, 0.15) is 0 Å². The van der Waals surface area contributed by atoms with Gasteiger partial charge in [0.2, 0.25) is 7.44 Å². The van der Waals surface area contributed by atoms with Crippen LogP contribution in [0.5, 0.6) is 0 Å². The lowest BCUT2D eigenvalue weighted by Gasteiger charge is -2.14. The van der Waals surface area contributed by atoms with Crippen LogP contribution in [0.15, 0.2) is 0 Å². The Bertz CT molecular complexity index is 296. The molecule has 1 saturated heterocycles. The van der Waals surface area contributed by atoms with Crippen LogP contribution in [0.2, 0.25) is 0 Å². The molecule has 0 bridgehead atoms. The molecule has 0 aliphatic carbocycles. The van der Waals surface area contributed by atoms with Crippen molar-refractivity contribution in [1.82, 2.24) is 9.98 Å². The van der Waals surface area contributed by atoms with Crippen LogP contribution in [0, 0.1) is 0 Å². The summed E-state index contributed by atoms with van der Waals surface area (Å²) < 4.78 is 14.5. The summed E-state index contributed by atoms with van der Waals surface area (Å²) in [5, 5.41) is 3.10. The summed E-state index contributed by atoms with van der Waals surface area (Å²) in [6.07, 6.45) is 15.4. The second-order valence-corrected chi connectivity index (χ2v) is 9.08. The zero-order valence-corrected chi connectivity index (χ0v) is 14.8. The maximum Gasteiger partial charge on any atom is 0.243 e. The Kier molecular flexibility index (Phi) is 9.08. The maximum atomic E-state index is 12.6. The van der Waals surface area contributed by atoms with Gasteiger partial charge in [0, 0.05) is 12.7 Å². The molecule has 0 aromatic heterocycles. The van der Waals surface area contributed by atoms with Gasteiger partial charge in [-0.3, -0.25) is 4.57 Å². The van der Waals surface area contributed by atoms with Crippen LogP contribution >= 0.6 is 7.44 Å². The Labute approximate surface area is 126 Å². The molecule has 3 unspecified atom stereocenters. The van der Waals surface area contributed by atoms with E-state index in [0.29, 0.717) is 5.66 Å². The third kappa shape index (κ3) is 6.28. The SMILES string of the molecule is CCCCCCCCC(CCCCCC)P1(=O)NN1C. The second kappa shape index (κ2) is 9.97. The van der Waals surface area contributed by atoms with Gasteiger partial charge in [0.25, 0.3) is 0 Å². The van der Waals surface area contributed by atoms with Gasteiger partial charge in [0.15, 0.2) is 0 Å². The standard InChI is InChI=1S/C16H35N2OP/c1-4-6-8-10-11-13-15-16(14-12-9-7-5-2)20(19)17-18(20)3/h16H,4-15H2,1-3H3,(H,17,19). The summed E-state index contributed by atoms with van der Waals surface area (Å²) in [6, 6.07) is 0. The summed E-state index contributed by atoms with van der Waals surface area (Å²) in [6.45, 7) is 4.50. The van der Waals surface area contributed by atoms with Crippen molar-refractivity contribution >= 4 is 7.44 Å². The first-order chi connectivity index (χ1) is 9.65. The fourth-order valence-corrected chi connectivity index (χ4v) is 5.33. The van der Waals surface area contributed by atoms with Gasteiger partial charge >= 0.3 is 0 Å². The summed E-state index contributed by atoms with van der Waals surface area (Å²) in [7, 11) is -0.212. The van der Waals surface area contributed by atoms with Gasteiger partial charge in [-0.05, 0) is 12.8 Å². The Balaban J connectivity index is 2.20. The van der Waals surface area contributed by atoms with Crippen molar-refractivity contribution in [1.29, 1.82) is 0 Å². The summed E-state index contributed by atoms with van der Waals surface area (Å²) in [5.41, 5.74) is 0.399. The van der Waals surface area contributed by atoms with Crippen molar-refractivity contribution < 1.29 is 4.57 Å². The van der Waals surface area contributed by atoms with Gasteiger partial charge in [-0.2, -0.15) is 9.98 Å². The van der Waals surface area contributed by atoms with Crippen molar-refractivity contribution in [3.8, 4) is 0 Å². The lowest BCUT2D eigenvalue weighted by atomic mass is 10.0. The fraction of sp³-hybridized carbons (Fsp3) is 1.00. The fourth-order valence-electron chi connectivity index (χ4n) is 2.98. The molecule has 0 aromatic carbocycles. The molecule has 20 heavy (non-hydrogen) atoms. The van der Waals surface area contributed by atoms with Crippen LogP contribution in [0.4, 0.5) is 0 Å². The Morgan fingerprint density at radius 1 is 0.850 bits per heavy atom. The monoisotopic (exact) mass is 302 g/mol. The van der Waals surface area contributed by atoms with Crippen LogP contribution < -0.4 is 5.20 Å². The van der Waals surface area contributed by atoms with Crippen molar-refractivity contribution in [2.45, 2.75) is 96.6 Å². The zero-order chi connectivity index (χ0) is 14.8. The molecule has 0 spiro atoms. The minimum Gasteiger partial charge on any atom is -0.286 e. The molecular formula is C16H35N2OP. The van der Waals surface area contributed by atoms with E-state index in [-0.39, 0.29) is 0 Å². The van der Waals surface area contributed by atoms with Crippen molar-refractivity contribution in [2.24, 2.45) is 0 Å². The van der Waals surface area contributed by atoms with Crippen LogP contribution in [0.3, 0.4) is 0 Å². The highest BCUT2D eigenvalue weighted by molar-refractivity contribution is 7.65. The lowest BCUT2D eigenvalue weighted by Crippen LogP contribution is -2.05. The predicted molar refractivity (Wildman–Crippen MR) is 89.0 cm³/mol. The molecule has 0 amide bonds. The lowest BCUT2D eigenvalue weighted by molar-refractivity contribution is 0.514. The number of rotatable bonds is 13. The predicted octanol–water partition coefficient (Wildman–Crippen LogP) is 5.72. The second-order valence-electron chi connectivity index (χ2n) is 6.31. The Morgan fingerprint density at radius 3 is 1.70 bits per heavy atom. The molecule has 120 valence electrons. The molecule has 1 rings (SSSR count). The third-order valence-electron chi connectivity index (χ3n) is 4.47. The van der Waals surface area contributed by atoms with E-state index in [2.05, 4.69) is 19.0 Å². The van der Waals surface area contributed by atoms with E-state index >= 15 is 0 Å². The molecule has 0 aromatic rings. The van der Waals surface area contributed by atoms with E-state index in [1.54, 1.807) is 0 Å². The average Bonchev–Trinajstić information content (AvgIpc) is 3.04. The number of nitrogens with one attached hydrogen (secondary N) is 1. The topological polar surface area (TPSA) is 42.0 Å². The summed E-state index contributed by atoms with van der Waals surface area (Å²) in [4.78, 5) is 0. The van der Waals surface area contributed by atoms with Gasteiger partial charge in [-0.1, -0.05) is 78.1 Å². The Morgan fingerprint density at radius 2 is 1.25 bits per heavy atom. The molecule has 0 radical (unpaired) electrons. The number of hydrogen-bond acceptors (Lipinski definition) is 1. The number of nitrogens with zero attached hydrogens (tertiary/aromatic N) is 1. The quantitative estimate of drug-likeness (QED) is 0.269. The van der Waals surface area contributed by atoms with E-state index in [0.717, 1.165) is 12.8 Å². The smallest absolute Gasteiger partial charge is 0.243 e. The molecule has 1 heterocycles. The minimum atomic E-state index is -2.14. The highest BCUT2D eigenvalue weighted by Gasteiger charge is 2.49. The summed E-state index contributed by atoms with van der Waals surface area (Å²) in [5.74, 6) is 0. The first kappa shape index (κ1) is 18.2. The van der Waals surface area contributed by atoms with E-state index in [4.69, 9.17) is 0 Å². The molecule has 4 heteroatoms. The number of hydrogen-bond donors (Lipinski definition) is 1. The van der Waals surface area contributed by atoms with Gasteiger partial charge in [-0.15, -0.1) is 0 Å². The van der Waals surface area contributed by atoms with Gasteiger partial charge in [0.05, 0.1) is 0 Å². The van der Waals surface area contributed by atoms with Crippen LogP contribution in [-0.2, 0) is 4.57 Å². The Hall–Kier alpha value is 0.150. The van der Waals surface area contributed by atoms with E-state index in [1.807, 2.05) is 11.8 Å². The average molecular weight is 302 g/mol. The molecule has 0 saturated carbocycles. The minimum absolute atomic E-state index is 0.399. The first-order valence-electron chi connectivity index (χ1n) is 8.77. The highest BCUT2D eigenvalue weighted by atomic mass is 31.2. The van der Waals surface area contributed by atoms with E-state index in [9.17, 15) is 4.57 Å². The summed E-state index contributed by atoms with van der Waals surface area (Å²) >= 11 is 0. The molecular weight excluding hydrogens is 267 g/mol. The van der Waals surface area contributed by atoms with Crippen LogP contribution in [0.25, 0.3) is 0 Å². The third-order valence-corrected chi connectivity index (χ3v) is 7.37. The zero-order valence-electron chi connectivity index (χ0n) is 13.9. The van der Waals surface area contributed by atoms with Crippen LogP contribution in [0.1, 0.15) is 90.9 Å². The molecule has 1 aliphatic heterocycles. The van der Waals surface area contributed by atoms with Crippen LogP contribution in [-0.4, -0.2) is 17.5 Å². The van der Waals surface area contributed by atoms with Gasteiger partial charge < -0.3 is 0 Å². The molecule has 3 nitrogen and oxygen atoms in total. The van der Waals surface area contributed by atoms with Crippen molar-refractivity contribution in [3.63, 3.8) is 0 Å². The van der Waals surface area contributed by atoms with E-state index < -0.39 is 7.44 Å². The number of hydrazine groups is 1. The number of unbranched alkanes of at least 4 members (excludes halogenated alkanes) is 8. The van der Waals surface area contributed by atoms with Gasteiger partial charge in [-0.25, -0.2) is 0 Å². The highest BCUT2D eigenvalue weighted by Crippen LogP contribution is 2.63. The normalized spacial score (nSPS) is 26.6. The van der Waals surface area contributed by atoms with E-state index in [1.165, 1.54) is 64.2 Å². The molecule has 3 atom stereocenters. The first-order valence-corrected chi connectivity index (χ1v) is 10.5. The van der Waals surface area contributed by atoms with Crippen molar-refractivity contribution in [2.75, 3.05) is 7.05 Å². The molecule has 1 N–H and O–H groups in total. The largest absolute Gasteiger partial charge is 0.286 e. The molecule has 1 aliphatic rings. The maximum absolute atomic E-state index is 12.6. The molecule has 1 fully saturated rings. The van der Waals surface area contributed by atoms with Crippen molar-refractivity contribution in [3.05, 3.63) is 0 Å².